The van der Waals surface area contributed by atoms with Crippen LogP contribution >= 0.6 is 22.7 Å². The van der Waals surface area contributed by atoms with Gasteiger partial charge in [-0.2, -0.15) is 4.39 Å². The Hall–Kier alpha value is -1.44. The van der Waals surface area contributed by atoms with Gasteiger partial charge in [0.2, 0.25) is 0 Å². The molecule has 0 spiro atoms. The van der Waals surface area contributed by atoms with Gasteiger partial charge >= 0.3 is 5.97 Å². The molecule has 0 radical (unpaired) electrons. The third-order valence-corrected chi connectivity index (χ3v) is 5.29. The van der Waals surface area contributed by atoms with E-state index in [9.17, 15) is 9.18 Å². The van der Waals surface area contributed by atoms with E-state index in [4.69, 9.17) is 15.6 Å². The molecule has 1 atom stereocenters. The first kappa shape index (κ1) is 15.9. The third kappa shape index (κ3) is 3.81. The summed E-state index contributed by atoms with van der Waals surface area (Å²) in [6.07, 6.45) is 0. The van der Waals surface area contributed by atoms with Crippen molar-refractivity contribution in [1.82, 2.24) is 0 Å². The summed E-state index contributed by atoms with van der Waals surface area (Å²) < 4.78 is 18.7. The van der Waals surface area contributed by atoms with E-state index in [0.29, 0.717) is 5.75 Å². The molecular formula is C14H16FNO3S2. The Morgan fingerprint density at radius 1 is 1.38 bits per heavy atom. The van der Waals surface area contributed by atoms with Crippen LogP contribution < -0.4 is 10.5 Å². The van der Waals surface area contributed by atoms with Gasteiger partial charge in [-0.1, -0.05) is 13.8 Å². The molecule has 0 bridgehead atoms. The Labute approximate surface area is 130 Å². The topological polar surface area (TPSA) is 72.5 Å². The number of hydrogen-bond acceptors (Lipinski definition) is 5. The molecule has 2 aromatic rings. The molecule has 0 saturated heterocycles. The molecule has 0 aliphatic carbocycles. The van der Waals surface area contributed by atoms with Gasteiger partial charge in [0, 0.05) is 14.6 Å². The highest BCUT2D eigenvalue weighted by atomic mass is 32.1. The molecule has 0 aromatic carbocycles. The number of halogens is 1. The minimum atomic E-state index is -1.10. The number of ether oxygens (including phenoxy) is 1. The molecule has 0 aliphatic heterocycles. The van der Waals surface area contributed by atoms with Gasteiger partial charge in [0.15, 0.2) is 5.13 Å². The zero-order chi connectivity index (χ0) is 15.6. The number of thiophene rings is 2. The van der Waals surface area contributed by atoms with Crippen molar-refractivity contribution in [2.45, 2.75) is 25.8 Å². The Bertz CT molecular complexity index is 636. The van der Waals surface area contributed by atoms with E-state index in [0.717, 1.165) is 26.0 Å². The van der Waals surface area contributed by atoms with Crippen molar-refractivity contribution in [3.63, 3.8) is 0 Å². The van der Waals surface area contributed by atoms with Crippen molar-refractivity contribution in [1.29, 1.82) is 0 Å². The van der Waals surface area contributed by atoms with Crippen LogP contribution in [0.5, 0.6) is 5.75 Å². The minimum absolute atomic E-state index is 0.0932. The lowest BCUT2D eigenvalue weighted by Gasteiger charge is -2.11. The second-order valence-electron chi connectivity index (χ2n) is 4.85. The highest BCUT2D eigenvalue weighted by molar-refractivity contribution is 7.21. The number of carbonyl (C=O) groups is 1. The van der Waals surface area contributed by atoms with Gasteiger partial charge < -0.3 is 15.6 Å². The molecule has 21 heavy (non-hydrogen) atoms. The van der Waals surface area contributed by atoms with Crippen LogP contribution in [0.4, 0.5) is 4.39 Å². The molecule has 0 amide bonds. The van der Waals surface area contributed by atoms with E-state index in [-0.39, 0.29) is 17.7 Å². The number of aliphatic carboxylic acids is 1. The van der Waals surface area contributed by atoms with Crippen LogP contribution in [0.1, 0.15) is 24.6 Å². The maximum atomic E-state index is 13.1. The lowest BCUT2D eigenvalue weighted by molar-refractivity contribution is -0.139. The van der Waals surface area contributed by atoms with Crippen molar-refractivity contribution < 1.29 is 19.0 Å². The maximum absolute atomic E-state index is 13.1. The van der Waals surface area contributed by atoms with Gasteiger partial charge in [0.25, 0.3) is 0 Å². The summed E-state index contributed by atoms with van der Waals surface area (Å²) in [4.78, 5) is 13.5. The van der Waals surface area contributed by atoms with E-state index in [1.165, 1.54) is 17.4 Å². The zero-order valence-electron chi connectivity index (χ0n) is 11.6. The summed E-state index contributed by atoms with van der Waals surface area (Å²) in [5, 5.41) is 8.55. The molecule has 2 rings (SSSR count). The molecule has 1 unspecified atom stereocenters. The first-order chi connectivity index (χ1) is 9.88. The lowest BCUT2D eigenvalue weighted by Crippen LogP contribution is -2.36. The molecule has 114 valence electrons. The summed E-state index contributed by atoms with van der Waals surface area (Å²) in [6, 6.07) is 3.91. The van der Waals surface area contributed by atoms with Crippen LogP contribution in [0.2, 0.25) is 0 Å². The summed E-state index contributed by atoms with van der Waals surface area (Å²) in [7, 11) is 0. The van der Waals surface area contributed by atoms with Gasteiger partial charge in [-0.3, -0.25) is 4.79 Å². The van der Waals surface area contributed by atoms with E-state index in [1.807, 2.05) is 19.9 Å². The van der Waals surface area contributed by atoms with Gasteiger partial charge in [-0.05, 0) is 24.1 Å². The largest absolute Gasteiger partial charge is 0.490 e. The minimum Gasteiger partial charge on any atom is -0.490 e. The molecule has 2 heterocycles. The average Bonchev–Trinajstić information content (AvgIpc) is 3.01. The van der Waals surface area contributed by atoms with Crippen molar-refractivity contribution in [3.8, 4) is 15.5 Å². The quantitative estimate of drug-likeness (QED) is 0.850. The lowest BCUT2D eigenvalue weighted by atomic mass is 10.1. The van der Waals surface area contributed by atoms with E-state index in [2.05, 4.69) is 0 Å². The molecule has 4 nitrogen and oxygen atoms in total. The van der Waals surface area contributed by atoms with Crippen molar-refractivity contribution >= 4 is 28.6 Å². The summed E-state index contributed by atoms with van der Waals surface area (Å²) >= 11 is 2.60. The van der Waals surface area contributed by atoms with E-state index in [1.54, 1.807) is 6.07 Å². The summed E-state index contributed by atoms with van der Waals surface area (Å²) in [5.74, 6) is -0.253. The zero-order valence-corrected chi connectivity index (χ0v) is 13.3. The fraction of sp³-hybridized carbons (Fsp3) is 0.357. The average molecular weight is 329 g/mol. The molecule has 0 saturated carbocycles. The van der Waals surface area contributed by atoms with Gasteiger partial charge in [0.05, 0.1) is 0 Å². The van der Waals surface area contributed by atoms with E-state index < -0.39 is 12.0 Å². The normalized spacial score (nSPS) is 12.6. The number of carboxylic acid groups (broad SMARTS) is 1. The van der Waals surface area contributed by atoms with E-state index >= 15 is 0 Å². The highest BCUT2D eigenvalue weighted by Crippen LogP contribution is 2.42. The first-order valence-corrected chi connectivity index (χ1v) is 8.02. The Balaban J connectivity index is 2.23. The van der Waals surface area contributed by atoms with Crippen molar-refractivity contribution in [3.05, 3.63) is 28.2 Å². The molecule has 7 heteroatoms. The van der Waals surface area contributed by atoms with Crippen LogP contribution in [0, 0.1) is 5.13 Å². The summed E-state index contributed by atoms with van der Waals surface area (Å²) in [6.45, 7) is 3.95. The Morgan fingerprint density at radius 3 is 2.62 bits per heavy atom. The Morgan fingerprint density at radius 2 is 2.10 bits per heavy atom. The highest BCUT2D eigenvalue weighted by Gasteiger charge is 2.18. The predicted octanol–water partition coefficient (Wildman–Crippen LogP) is 3.53. The maximum Gasteiger partial charge on any atom is 0.324 e. The Kier molecular flexibility index (Phi) is 4.97. The molecule has 3 N–H and O–H groups in total. The van der Waals surface area contributed by atoms with Crippen molar-refractivity contribution in [2.24, 2.45) is 5.73 Å². The van der Waals surface area contributed by atoms with Crippen molar-refractivity contribution in [2.75, 3.05) is 6.61 Å². The third-order valence-electron chi connectivity index (χ3n) is 2.80. The number of rotatable bonds is 6. The first-order valence-electron chi connectivity index (χ1n) is 6.39. The standard InChI is InChI=1S/C14H16FNO3S2/c1-7(2)13-9(19-6-8(16)14(17)18)5-11(21-13)10-3-4-12(15)20-10/h3-5,7-8H,6,16H2,1-2H3,(H,17,18). The monoisotopic (exact) mass is 329 g/mol. The molecule has 0 aliphatic rings. The van der Waals surface area contributed by atoms with Gasteiger partial charge in [-0.15, -0.1) is 22.7 Å². The SMILES string of the molecule is CC(C)c1sc(-c2ccc(F)s2)cc1OCC(N)C(=O)O. The van der Waals surface area contributed by atoms with Crippen LogP contribution in [0.3, 0.4) is 0 Å². The fourth-order valence-electron chi connectivity index (χ4n) is 1.72. The second kappa shape index (κ2) is 6.55. The van der Waals surface area contributed by atoms with Crippen LogP contribution in [-0.4, -0.2) is 23.7 Å². The molecular weight excluding hydrogens is 313 g/mol. The van der Waals surface area contributed by atoms with Crippen LogP contribution in [-0.2, 0) is 4.79 Å². The molecule has 0 fully saturated rings. The number of nitrogens with two attached hydrogens (primary N) is 1. The smallest absolute Gasteiger partial charge is 0.324 e. The number of hydrogen-bond donors (Lipinski definition) is 2. The fourth-order valence-corrected chi connectivity index (χ4v) is 3.64. The second-order valence-corrected chi connectivity index (χ2v) is 6.97. The van der Waals surface area contributed by atoms with Crippen LogP contribution in [0.25, 0.3) is 9.75 Å². The summed E-state index contributed by atoms with van der Waals surface area (Å²) in [5.41, 5.74) is 5.44. The van der Waals surface area contributed by atoms with Gasteiger partial charge in [0.1, 0.15) is 18.4 Å². The molecule has 2 aromatic heterocycles. The predicted molar refractivity (Wildman–Crippen MR) is 82.8 cm³/mol. The van der Waals surface area contributed by atoms with Gasteiger partial charge in [-0.25, -0.2) is 0 Å². The van der Waals surface area contributed by atoms with Crippen LogP contribution in [0.15, 0.2) is 18.2 Å². The number of carboxylic acids is 1.